The second-order valence-electron chi connectivity index (χ2n) is 4.06. The summed E-state index contributed by atoms with van der Waals surface area (Å²) in [6, 6.07) is 4.24. The lowest BCUT2D eigenvalue weighted by molar-refractivity contribution is 0.131. The number of pyridine rings is 1. The molecule has 1 heterocycles. The summed E-state index contributed by atoms with van der Waals surface area (Å²) in [5.74, 6) is 0. The third-order valence-corrected chi connectivity index (χ3v) is 2.65. The van der Waals surface area contributed by atoms with Crippen molar-refractivity contribution in [3.8, 4) is 0 Å². The quantitative estimate of drug-likeness (QED) is 0.783. The molecule has 4 nitrogen and oxygen atoms in total. The Kier molecular flexibility index (Phi) is 5.38. The van der Waals surface area contributed by atoms with Crippen molar-refractivity contribution in [2.75, 3.05) is 27.3 Å². The van der Waals surface area contributed by atoms with Crippen molar-refractivity contribution in [3.63, 3.8) is 0 Å². The molecule has 0 aliphatic rings. The van der Waals surface area contributed by atoms with Crippen LogP contribution in [0.2, 0.25) is 0 Å². The van der Waals surface area contributed by atoms with Crippen molar-refractivity contribution in [2.45, 2.75) is 19.0 Å². The van der Waals surface area contributed by atoms with Gasteiger partial charge in [-0.3, -0.25) is 9.88 Å². The van der Waals surface area contributed by atoms with Crippen LogP contribution in [0.25, 0.3) is 0 Å². The molecule has 0 saturated carbocycles. The number of hydrogen-bond donors (Lipinski definition) is 1. The van der Waals surface area contributed by atoms with Crippen LogP contribution in [-0.2, 0) is 4.74 Å². The number of nitrogens with two attached hydrogens (primary N) is 1. The van der Waals surface area contributed by atoms with E-state index in [2.05, 4.69) is 23.0 Å². The van der Waals surface area contributed by atoms with Gasteiger partial charge in [-0.25, -0.2) is 0 Å². The van der Waals surface area contributed by atoms with Crippen LogP contribution in [0.5, 0.6) is 0 Å². The molecule has 0 amide bonds. The third-order valence-electron chi connectivity index (χ3n) is 2.65. The smallest absolute Gasteiger partial charge is 0.0589 e. The largest absolute Gasteiger partial charge is 0.383 e. The second-order valence-corrected chi connectivity index (χ2v) is 4.06. The molecule has 2 unspecified atom stereocenters. The maximum Gasteiger partial charge on any atom is 0.0589 e. The molecule has 1 aromatic rings. The van der Waals surface area contributed by atoms with Gasteiger partial charge >= 0.3 is 0 Å². The first kappa shape index (κ1) is 13.1. The highest BCUT2D eigenvalue weighted by molar-refractivity contribution is 5.15. The van der Waals surface area contributed by atoms with Gasteiger partial charge in [0.1, 0.15) is 0 Å². The standard InChI is InChI=1S/C12H21N3O/c1-10(13)12(15(2)7-8-16-3)11-5-4-6-14-9-11/h4-6,9-10,12H,7-8,13H2,1-3H3. The Morgan fingerprint density at radius 1 is 1.56 bits per heavy atom. The molecular formula is C12H21N3O. The van der Waals surface area contributed by atoms with E-state index in [4.69, 9.17) is 10.5 Å². The Labute approximate surface area is 97.4 Å². The van der Waals surface area contributed by atoms with Gasteiger partial charge in [-0.2, -0.15) is 0 Å². The molecule has 16 heavy (non-hydrogen) atoms. The molecule has 0 radical (unpaired) electrons. The van der Waals surface area contributed by atoms with Crippen LogP contribution in [0, 0.1) is 0 Å². The van der Waals surface area contributed by atoms with Crippen molar-refractivity contribution in [3.05, 3.63) is 30.1 Å². The molecule has 90 valence electrons. The Morgan fingerprint density at radius 2 is 2.31 bits per heavy atom. The first-order valence-corrected chi connectivity index (χ1v) is 5.51. The molecule has 0 aliphatic carbocycles. The van der Waals surface area contributed by atoms with Crippen LogP contribution in [0.15, 0.2) is 24.5 Å². The van der Waals surface area contributed by atoms with Crippen LogP contribution in [-0.4, -0.2) is 43.2 Å². The summed E-state index contributed by atoms with van der Waals surface area (Å²) in [5.41, 5.74) is 7.18. The third kappa shape index (κ3) is 3.56. The molecule has 0 bridgehead atoms. The molecule has 2 atom stereocenters. The molecule has 0 aliphatic heterocycles. The molecule has 0 aromatic carbocycles. The molecule has 1 rings (SSSR count). The zero-order chi connectivity index (χ0) is 12.0. The Balaban J connectivity index is 2.75. The lowest BCUT2D eigenvalue weighted by Gasteiger charge is -2.30. The highest BCUT2D eigenvalue weighted by Crippen LogP contribution is 2.20. The number of rotatable bonds is 6. The summed E-state index contributed by atoms with van der Waals surface area (Å²) < 4.78 is 5.08. The maximum atomic E-state index is 6.03. The van der Waals surface area contributed by atoms with E-state index in [1.165, 1.54) is 0 Å². The lowest BCUT2D eigenvalue weighted by Crippen LogP contribution is -2.38. The van der Waals surface area contributed by atoms with Gasteiger partial charge in [-0.1, -0.05) is 6.07 Å². The first-order chi connectivity index (χ1) is 7.66. The molecule has 2 N–H and O–H groups in total. The first-order valence-electron chi connectivity index (χ1n) is 5.51. The van der Waals surface area contributed by atoms with E-state index in [1.54, 1.807) is 13.3 Å². The number of methoxy groups -OCH3 is 1. The Morgan fingerprint density at radius 3 is 2.81 bits per heavy atom. The minimum atomic E-state index is 0.0612. The van der Waals surface area contributed by atoms with E-state index in [0.717, 1.165) is 12.1 Å². The van der Waals surface area contributed by atoms with E-state index in [-0.39, 0.29) is 12.1 Å². The number of nitrogens with zero attached hydrogens (tertiary/aromatic N) is 2. The fraction of sp³-hybridized carbons (Fsp3) is 0.583. The number of hydrogen-bond acceptors (Lipinski definition) is 4. The minimum absolute atomic E-state index is 0.0612. The van der Waals surface area contributed by atoms with Gasteiger partial charge in [-0.05, 0) is 25.6 Å². The van der Waals surface area contributed by atoms with Gasteiger partial charge < -0.3 is 10.5 Å². The molecule has 0 saturated heterocycles. The summed E-state index contributed by atoms with van der Waals surface area (Å²) >= 11 is 0. The summed E-state index contributed by atoms with van der Waals surface area (Å²) in [6.45, 7) is 3.58. The average molecular weight is 223 g/mol. The van der Waals surface area contributed by atoms with Crippen LogP contribution in [0.3, 0.4) is 0 Å². The molecule has 4 heteroatoms. The highest BCUT2D eigenvalue weighted by Gasteiger charge is 2.20. The topological polar surface area (TPSA) is 51.4 Å². The number of ether oxygens (including phenoxy) is 1. The molecule has 0 fully saturated rings. The lowest BCUT2D eigenvalue weighted by atomic mass is 10.0. The Bertz CT molecular complexity index is 290. The fourth-order valence-corrected chi connectivity index (χ4v) is 1.88. The Hall–Kier alpha value is -0.970. The highest BCUT2D eigenvalue weighted by atomic mass is 16.5. The van der Waals surface area contributed by atoms with Gasteiger partial charge in [0.15, 0.2) is 0 Å². The monoisotopic (exact) mass is 223 g/mol. The predicted octanol–water partition coefficient (Wildman–Crippen LogP) is 1.05. The van der Waals surface area contributed by atoms with Crippen molar-refractivity contribution >= 4 is 0 Å². The summed E-state index contributed by atoms with van der Waals surface area (Å²) in [4.78, 5) is 6.34. The molecule has 1 aromatic heterocycles. The van der Waals surface area contributed by atoms with Gasteiger partial charge in [0.2, 0.25) is 0 Å². The molecule has 0 spiro atoms. The van der Waals surface area contributed by atoms with Gasteiger partial charge in [0.25, 0.3) is 0 Å². The van der Waals surface area contributed by atoms with E-state index in [0.29, 0.717) is 6.61 Å². The van der Waals surface area contributed by atoms with Crippen LogP contribution >= 0.6 is 0 Å². The van der Waals surface area contributed by atoms with E-state index >= 15 is 0 Å². The summed E-state index contributed by atoms with van der Waals surface area (Å²) in [5, 5.41) is 0. The predicted molar refractivity (Wildman–Crippen MR) is 65.1 cm³/mol. The van der Waals surface area contributed by atoms with E-state index < -0.39 is 0 Å². The summed E-state index contributed by atoms with van der Waals surface area (Å²) in [7, 11) is 3.76. The van der Waals surface area contributed by atoms with Crippen LogP contribution in [0.4, 0.5) is 0 Å². The maximum absolute atomic E-state index is 6.03. The van der Waals surface area contributed by atoms with Crippen LogP contribution < -0.4 is 5.73 Å². The van der Waals surface area contributed by atoms with Gasteiger partial charge in [0, 0.05) is 32.1 Å². The van der Waals surface area contributed by atoms with Gasteiger partial charge in [0.05, 0.1) is 12.6 Å². The number of likely N-dealkylation sites (N-methyl/N-ethyl adjacent to an activating group) is 1. The number of aromatic nitrogens is 1. The average Bonchev–Trinajstić information content (AvgIpc) is 2.27. The van der Waals surface area contributed by atoms with Crippen molar-refractivity contribution in [1.82, 2.24) is 9.88 Å². The molecular weight excluding hydrogens is 202 g/mol. The van der Waals surface area contributed by atoms with Gasteiger partial charge in [-0.15, -0.1) is 0 Å². The van der Waals surface area contributed by atoms with E-state index in [9.17, 15) is 0 Å². The second kappa shape index (κ2) is 6.58. The van der Waals surface area contributed by atoms with Crippen molar-refractivity contribution in [2.24, 2.45) is 5.73 Å². The zero-order valence-corrected chi connectivity index (χ0v) is 10.3. The summed E-state index contributed by atoms with van der Waals surface area (Å²) in [6.07, 6.45) is 3.65. The SMILES string of the molecule is COCCN(C)C(c1cccnc1)C(C)N. The fourth-order valence-electron chi connectivity index (χ4n) is 1.88. The van der Waals surface area contributed by atoms with E-state index in [1.807, 2.05) is 19.2 Å². The minimum Gasteiger partial charge on any atom is -0.383 e. The van der Waals surface area contributed by atoms with Crippen molar-refractivity contribution in [1.29, 1.82) is 0 Å². The van der Waals surface area contributed by atoms with Crippen molar-refractivity contribution < 1.29 is 4.74 Å². The van der Waals surface area contributed by atoms with Crippen LogP contribution in [0.1, 0.15) is 18.5 Å². The normalized spacial score (nSPS) is 15.1. The zero-order valence-electron chi connectivity index (χ0n) is 10.3.